The second-order valence-corrected chi connectivity index (χ2v) is 6.20. The number of nitrogens with one attached hydrogen (secondary N) is 1. The van der Waals surface area contributed by atoms with Crippen molar-refractivity contribution >= 4 is 10.0 Å². The van der Waals surface area contributed by atoms with Gasteiger partial charge in [0.1, 0.15) is 0 Å². The zero-order valence-electron chi connectivity index (χ0n) is 10.5. The SMILES string of the molecule is CC(C)c1ccc(S(=O)(=O)N[C@@H](C)CN)cc1. The van der Waals surface area contributed by atoms with Crippen molar-refractivity contribution in [3.05, 3.63) is 29.8 Å². The molecule has 17 heavy (non-hydrogen) atoms. The van der Waals surface area contributed by atoms with Crippen LogP contribution in [0.1, 0.15) is 32.3 Å². The molecule has 1 atom stereocenters. The third-order valence-electron chi connectivity index (χ3n) is 2.57. The molecule has 0 saturated heterocycles. The molecule has 0 amide bonds. The Kier molecular flexibility index (Phi) is 4.68. The van der Waals surface area contributed by atoms with Crippen LogP contribution in [-0.2, 0) is 10.0 Å². The molecule has 0 spiro atoms. The first kappa shape index (κ1) is 14.2. The maximum absolute atomic E-state index is 11.9. The Labute approximate surface area is 103 Å². The highest BCUT2D eigenvalue weighted by molar-refractivity contribution is 7.89. The van der Waals surface area contributed by atoms with Gasteiger partial charge in [0.2, 0.25) is 10.0 Å². The summed E-state index contributed by atoms with van der Waals surface area (Å²) in [6.07, 6.45) is 0. The van der Waals surface area contributed by atoms with Gasteiger partial charge < -0.3 is 5.73 Å². The highest BCUT2D eigenvalue weighted by Gasteiger charge is 2.16. The Morgan fingerprint density at radius 2 is 1.71 bits per heavy atom. The lowest BCUT2D eigenvalue weighted by Crippen LogP contribution is -2.37. The highest BCUT2D eigenvalue weighted by atomic mass is 32.2. The second-order valence-electron chi connectivity index (χ2n) is 4.48. The largest absolute Gasteiger partial charge is 0.329 e. The molecule has 1 rings (SSSR count). The summed E-state index contributed by atoms with van der Waals surface area (Å²) in [6.45, 7) is 6.15. The molecule has 1 aromatic carbocycles. The summed E-state index contributed by atoms with van der Waals surface area (Å²) in [7, 11) is -3.44. The minimum absolute atomic E-state index is 0.259. The highest BCUT2D eigenvalue weighted by Crippen LogP contribution is 2.17. The van der Waals surface area contributed by atoms with Crippen molar-refractivity contribution < 1.29 is 8.42 Å². The Balaban J connectivity index is 2.92. The van der Waals surface area contributed by atoms with Gasteiger partial charge in [-0.05, 0) is 30.5 Å². The second kappa shape index (κ2) is 5.62. The first-order valence-electron chi connectivity index (χ1n) is 5.69. The minimum Gasteiger partial charge on any atom is -0.329 e. The number of nitrogens with two attached hydrogens (primary N) is 1. The first-order valence-corrected chi connectivity index (χ1v) is 7.17. The first-order chi connectivity index (χ1) is 7.86. The van der Waals surface area contributed by atoms with E-state index in [-0.39, 0.29) is 17.5 Å². The number of benzene rings is 1. The molecule has 0 radical (unpaired) electrons. The zero-order chi connectivity index (χ0) is 13.1. The molecule has 4 nitrogen and oxygen atoms in total. The van der Waals surface area contributed by atoms with E-state index in [0.29, 0.717) is 5.92 Å². The van der Waals surface area contributed by atoms with E-state index in [1.165, 1.54) is 0 Å². The summed E-state index contributed by atoms with van der Waals surface area (Å²) in [4.78, 5) is 0.280. The van der Waals surface area contributed by atoms with E-state index in [1.54, 1.807) is 19.1 Å². The van der Waals surface area contributed by atoms with Crippen LogP contribution in [-0.4, -0.2) is 21.0 Å². The van der Waals surface area contributed by atoms with Crippen LogP contribution >= 0.6 is 0 Å². The van der Waals surface area contributed by atoms with Crippen molar-refractivity contribution in [3.63, 3.8) is 0 Å². The van der Waals surface area contributed by atoms with Crippen LogP contribution < -0.4 is 10.5 Å². The molecule has 0 fully saturated rings. The van der Waals surface area contributed by atoms with Gasteiger partial charge in [-0.3, -0.25) is 0 Å². The number of sulfonamides is 1. The molecule has 0 saturated carbocycles. The Morgan fingerprint density at radius 3 is 2.12 bits per heavy atom. The molecule has 5 heteroatoms. The molecule has 0 aromatic heterocycles. The summed E-state index contributed by atoms with van der Waals surface area (Å²) >= 11 is 0. The number of hydrogen-bond donors (Lipinski definition) is 2. The fourth-order valence-corrected chi connectivity index (χ4v) is 2.67. The maximum Gasteiger partial charge on any atom is 0.240 e. The summed E-state index contributed by atoms with van der Waals surface area (Å²) in [5.41, 5.74) is 6.52. The van der Waals surface area contributed by atoms with Crippen LogP contribution in [0.25, 0.3) is 0 Å². The fraction of sp³-hybridized carbons (Fsp3) is 0.500. The van der Waals surface area contributed by atoms with Gasteiger partial charge in [0, 0.05) is 12.6 Å². The van der Waals surface area contributed by atoms with Crippen molar-refractivity contribution in [3.8, 4) is 0 Å². The van der Waals surface area contributed by atoms with Crippen LogP contribution in [0, 0.1) is 0 Å². The molecule has 1 aromatic rings. The van der Waals surface area contributed by atoms with Crippen molar-refractivity contribution in [2.24, 2.45) is 5.73 Å². The van der Waals surface area contributed by atoms with Gasteiger partial charge in [-0.15, -0.1) is 0 Å². The van der Waals surface area contributed by atoms with E-state index < -0.39 is 10.0 Å². The molecule has 0 bridgehead atoms. The maximum atomic E-state index is 11.9. The van der Waals surface area contributed by atoms with Gasteiger partial charge in [-0.2, -0.15) is 0 Å². The normalized spacial score (nSPS) is 13.9. The van der Waals surface area contributed by atoms with Crippen molar-refractivity contribution in [2.45, 2.75) is 37.6 Å². The third-order valence-corrected chi connectivity index (χ3v) is 4.17. The van der Waals surface area contributed by atoms with Crippen molar-refractivity contribution in [1.82, 2.24) is 4.72 Å². The van der Waals surface area contributed by atoms with E-state index in [0.717, 1.165) is 5.56 Å². The van der Waals surface area contributed by atoms with Gasteiger partial charge in [-0.25, -0.2) is 13.1 Å². The summed E-state index contributed by atoms with van der Waals surface area (Å²) in [6, 6.07) is 6.67. The average molecular weight is 256 g/mol. The van der Waals surface area contributed by atoms with Gasteiger partial charge in [-0.1, -0.05) is 26.0 Å². The van der Waals surface area contributed by atoms with Crippen LogP contribution in [0.5, 0.6) is 0 Å². The van der Waals surface area contributed by atoms with Crippen molar-refractivity contribution in [2.75, 3.05) is 6.54 Å². The van der Waals surface area contributed by atoms with Gasteiger partial charge in [0.15, 0.2) is 0 Å². The molecule has 3 N–H and O–H groups in total. The van der Waals surface area contributed by atoms with Gasteiger partial charge in [0.25, 0.3) is 0 Å². The Bertz CT molecular complexity index is 452. The quantitative estimate of drug-likeness (QED) is 0.837. The lowest BCUT2D eigenvalue weighted by molar-refractivity contribution is 0.562. The van der Waals surface area contributed by atoms with E-state index >= 15 is 0 Å². The molecule has 0 unspecified atom stereocenters. The van der Waals surface area contributed by atoms with E-state index in [2.05, 4.69) is 18.6 Å². The average Bonchev–Trinajstić information content (AvgIpc) is 2.28. The monoisotopic (exact) mass is 256 g/mol. The molecule has 0 heterocycles. The van der Waals surface area contributed by atoms with E-state index in [4.69, 9.17) is 5.73 Å². The summed E-state index contributed by atoms with van der Waals surface area (Å²) in [5, 5.41) is 0. The summed E-state index contributed by atoms with van der Waals surface area (Å²) < 4.78 is 26.4. The lowest BCUT2D eigenvalue weighted by Gasteiger charge is -2.12. The zero-order valence-corrected chi connectivity index (χ0v) is 11.3. The summed E-state index contributed by atoms with van der Waals surface area (Å²) in [5.74, 6) is 0.391. The van der Waals surface area contributed by atoms with E-state index in [1.807, 2.05) is 12.1 Å². The van der Waals surface area contributed by atoms with Crippen LogP contribution in [0.15, 0.2) is 29.2 Å². The molecular weight excluding hydrogens is 236 g/mol. The standard InChI is InChI=1S/C12H20N2O2S/c1-9(2)11-4-6-12(7-5-11)17(15,16)14-10(3)8-13/h4-7,9-10,14H,8,13H2,1-3H3/t10-/m0/s1. The van der Waals surface area contributed by atoms with Crippen LogP contribution in [0.2, 0.25) is 0 Å². The van der Waals surface area contributed by atoms with Crippen LogP contribution in [0.4, 0.5) is 0 Å². The van der Waals surface area contributed by atoms with E-state index in [9.17, 15) is 8.42 Å². The molecule has 0 aliphatic carbocycles. The van der Waals surface area contributed by atoms with Crippen LogP contribution in [0.3, 0.4) is 0 Å². The molecule has 96 valence electrons. The number of rotatable bonds is 5. The Hall–Kier alpha value is -0.910. The smallest absolute Gasteiger partial charge is 0.240 e. The van der Waals surface area contributed by atoms with Crippen molar-refractivity contribution in [1.29, 1.82) is 0 Å². The minimum atomic E-state index is -3.44. The fourth-order valence-electron chi connectivity index (χ4n) is 1.41. The third kappa shape index (κ3) is 3.80. The van der Waals surface area contributed by atoms with Gasteiger partial charge in [0.05, 0.1) is 4.90 Å². The van der Waals surface area contributed by atoms with Gasteiger partial charge >= 0.3 is 0 Å². The topological polar surface area (TPSA) is 72.2 Å². The number of hydrogen-bond acceptors (Lipinski definition) is 3. The molecule has 0 aliphatic rings. The molecular formula is C12H20N2O2S. The lowest BCUT2D eigenvalue weighted by atomic mass is 10.0. The Morgan fingerprint density at radius 1 is 1.18 bits per heavy atom. The molecule has 0 aliphatic heterocycles. The predicted octanol–water partition coefficient (Wildman–Crippen LogP) is 1.44. The predicted molar refractivity (Wildman–Crippen MR) is 69.4 cm³/mol.